The van der Waals surface area contributed by atoms with Crippen LogP contribution in [0.5, 0.6) is 5.75 Å². The number of hydrogen-bond acceptors (Lipinski definition) is 3. The monoisotopic (exact) mass is 465 g/mol. The van der Waals surface area contributed by atoms with E-state index >= 15 is 0 Å². The lowest BCUT2D eigenvalue weighted by Gasteiger charge is -2.18. The number of carbonyl (C=O) groups is 1. The molecule has 0 saturated carbocycles. The average molecular weight is 466 g/mol. The standard InChI is InChI=1S/C29H24FN3O2/c30-22-16-14-21(15-17-22)19-35-27-13-7-4-10-23(27)29(34)33-26(18-20-8-2-1-3-9-20)28-31-24-11-5-6-12-25(24)32-28/h1-17,26H,18-19H2,(H,31,32)(H,33,34)/t26-/m0/s1. The molecule has 5 aromatic rings. The largest absolute Gasteiger partial charge is 0.488 e. The summed E-state index contributed by atoms with van der Waals surface area (Å²) in [5.41, 5.74) is 4.07. The number of carbonyl (C=O) groups excluding carboxylic acids is 1. The number of aromatic nitrogens is 2. The molecule has 2 N–H and O–H groups in total. The summed E-state index contributed by atoms with van der Waals surface area (Å²) >= 11 is 0. The predicted octanol–water partition coefficient (Wildman–Crippen LogP) is 5.99. The Morgan fingerprint density at radius 1 is 0.857 bits per heavy atom. The molecule has 0 saturated heterocycles. The minimum absolute atomic E-state index is 0.224. The number of nitrogens with one attached hydrogen (secondary N) is 2. The molecule has 0 aliphatic rings. The summed E-state index contributed by atoms with van der Waals surface area (Å²) in [6, 6.07) is 30.6. The summed E-state index contributed by atoms with van der Waals surface area (Å²) in [6.45, 7) is 0.224. The van der Waals surface area contributed by atoms with Crippen molar-refractivity contribution >= 4 is 16.9 Å². The van der Waals surface area contributed by atoms with Crippen molar-refractivity contribution < 1.29 is 13.9 Å². The first-order valence-corrected chi connectivity index (χ1v) is 11.4. The molecule has 4 aromatic carbocycles. The van der Waals surface area contributed by atoms with Crippen LogP contribution in [0.2, 0.25) is 0 Å². The van der Waals surface area contributed by atoms with Gasteiger partial charge in [0.1, 0.15) is 24.0 Å². The minimum atomic E-state index is -0.373. The Balaban J connectivity index is 1.39. The molecule has 1 aromatic heterocycles. The van der Waals surface area contributed by atoms with Crippen molar-refractivity contribution in [1.29, 1.82) is 0 Å². The lowest BCUT2D eigenvalue weighted by molar-refractivity contribution is 0.0930. The van der Waals surface area contributed by atoms with Gasteiger partial charge >= 0.3 is 0 Å². The quantitative estimate of drug-likeness (QED) is 0.296. The van der Waals surface area contributed by atoms with Gasteiger partial charge in [0.2, 0.25) is 0 Å². The normalized spacial score (nSPS) is 11.8. The fourth-order valence-electron chi connectivity index (χ4n) is 3.96. The number of aromatic amines is 1. The molecule has 35 heavy (non-hydrogen) atoms. The van der Waals surface area contributed by atoms with Crippen molar-refractivity contribution in [2.75, 3.05) is 0 Å². The first-order valence-electron chi connectivity index (χ1n) is 11.4. The fraction of sp³-hybridized carbons (Fsp3) is 0.103. The molecular formula is C29H24FN3O2. The number of imidazole rings is 1. The van der Waals surface area contributed by atoms with E-state index in [1.165, 1.54) is 12.1 Å². The van der Waals surface area contributed by atoms with Crippen LogP contribution in [0.3, 0.4) is 0 Å². The summed E-state index contributed by atoms with van der Waals surface area (Å²) in [6.07, 6.45) is 0.574. The minimum Gasteiger partial charge on any atom is -0.488 e. The van der Waals surface area contributed by atoms with Crippen molar-refractivity contribution in [2.45, 2.75) is 19.1 Å². The Labute approximate surface area is 202 Å². The van der Waals surface area contributed by atoms with E-state index in [9.17, 15) is 9.18 Å². The SMILES string of the molecule is O=C(N[C@@H](Cc1ccccc1)c1nc2ccccc2[nH]1)c1ccccc1OCc1ccc(F)cc1. The molecule has 174 valence electrons. The maximum Gasteiger partial charge on any atom is 0.255 e. The second kappa shape index (κ2) is 10.2. The van der Waals surface area contributed by atoms with Gasteiger partial charge in [-0.2, -0.15) is 0 Å². The topological polar surface area (TPSA) is 67.0 Å². The van der Waals surface area contributed by atoms with E-state index < -0.39 is 0 Å². The maximum absolute atomic E-state index is 13.4. The molecule has 5 rings (SSSR count). The number of H-pyrrole nitrogens is 1. The molecular weight excluding hydrogens is 441 g/mol. The van der Waals surface area contributed by atoms with Gasteiger partial charge in [-0.1, -0.05) is 66.7 Å². The van der Waals surface area contributed by atoms with Crippen LogP contribution in [0.4, 0.5) is 4.39 Å². The Bertz CT molecular complexity index is 1400. The molecule has 0 fully saturated rings. The highest BCUT2D eigenvalue weighted by Crippen LogP contribution is 2.24. The zero-order valence-electron chi connectivity index (χ0n) is 18.9. The third-order valence-electron chi connectivity index (χ3n) is 5.77. The van der Waals surface area contributed by atoms with Gasteiger partial charge < -0.3 is 15.0 Å². The van der Waals surface area contributed by atoms with Gasteiger partial charge in [-0.3, -0.25) is 4.79 Å². The molecule has 0 unspecified atom stereocenters. The van der Waals surface area contributed by atoms with Gasteiger partial charge in [-0.25, -0.2) is 9.37 Å². The molecule has 0 aliphatic carbocycles. The van der Waals surface area contributed by atoms with E-state index in [4.69, 9.17) is 9.72 Å². The summed E-state index contributed by atoms with van der Waals surface area (Å²) in [4.78, 5) is 21.5. The van der Waals surface area contributed by atoms with Crippen molar-refractivity contribution in [2.24, 2.45) is 0 Å². The molecule has 0 bridgehead atoms. The first-order chi connectivity index (χ1) is 17.2. The summed E-state index contributed by atoms with van der Waals surface area (Å²) in [5.74, 6) is 0.579. The highest BCUT2D eigenvalue weighted by atomic mass is 19.1. The third-order valence-corrected chi connectivity index (χ3v) is 5.77. The van der Waals surface area contributed by atoms with Crippen LogP contribution in [0.25, 0.3) is 11.0 Å². The average Bonchev–Trinajstić information content (AvgIpc) is 3.33. The smallest absolute Gasteiger partial charge is 0.255 e. The molecule has 5 nitrogen and oxygen atoms in total. The van der Waals surface area contributed by atoms with Gasteiger partial charge in [0.05, 0.1) is 22.6 Å². The number of benzene rings is 4. The van der Waals surface area contributed by atoms with Gasteiger partial charge in [-0.05, 0) is 53.9 Å². The van der Waals surface area contributed by atoms with E-state index in [1.807, 2.05) is 60.7 Å². The van der Waals surface area contributed by atoms with Crippen molar-refractivity contribution in [1.82, 2.24) is 15.3 Å². The number of para-hydroxylation sites is 3. The van der Waals surface area contributed by atoms with Gasteiger partial charge in [0.15, 0.2) is 0 Å². The molecule has 1 heterocycles. The van der Waals surface area contributed by atoms with Gasteiger partial charge in [0, 0.05) is 0 Å². The summed E-state index contributed by atoms with van der Waals surface area (Å²) in [7, 11) is 0. The zero-order valence-corrected chi connectivity index (χ0v) is 18.9. The number of halogens is 1. The highest BCUT2D eigenvalue weighted by molar-refractivity contribution is 5.97. The second-order valence-corrected chi connectivity index (χ2v) is 8.27. The van der Waals surface area contributed by atoms with E-state index in [0.717, 1.165) is 22.2 Å². The van der Waals surface area contributed by atoms with Crippen LogP contribution in [0.1, 0.15) is 33.4 Å². The molecule has 6 heteroatoms. The number of hydrogen-bond donors (Lipinski definition) is 2. The van der Waals surface area contributed by atoms with E-state index in [-0.39, 0.29) is 24.4 Å². The van der Waals surface area contributed by atoms with E-state index in [2.05, 4.69) is 10.3 Å². The molecule has 0 spiro atoms. The van der Waals surface area contributed by atoms with Crippen LogP contribution in [0.15, 0.2) is 103 Å². The number of fused-ring (bicyclic) bond motifs is 1. The number of nitrogens with zero attached hydrogens (tertiary/aromatic N) is 1. The fourth-order valence-corrected chi connectivity index (χ4v) is 3.96. The van der Waals surface area contributed by atoms with Gasteiger partial charge in [0.25, 0.3) is 5.91 Å². The van der Waals surface area contributed by atoms with Crippen molar-refractivity contribution in [3.05, 3.63) is 131 Å². The first kappa shape index (κ1) is 22.3. The van der Waals surface area contributed by atoms with Crippen molar-refractivity contribution in [3.8, 4) is 5.75 Å². The number of rotatable bonds is 8. The molecule has 0 aliphatic heterocycles. The van der Waals surface area contributed by atoms with Gasteiger partial charge in [-0.15, -0.1) is 0 Å². The molecule has 0 radical (unpaired) electrons. The maximum atomic E-state index is 13.4. The Morgan fingerprint density at radius 2 is 1.57 bits per heavy atom. The Morgan fingerprint density at radius 3 is 2.37 bits per heavy atom. The number of amides is 1. The predicted molar refractivity (Wildman–Crippen MR) is 134 cm³/mol. The van der Waals surface area contributed by atoms with E-state index in [0.29, 0.717) is 23.6 Å². The Kier molecular flexibility index (Phi) is 6.52. The van der Waals surface area contributed by atoms with Crippen LogP contribution < -0.4 is 10.1 Å². The molecule has 1 amide bonds. The van der Waals surface area contributed by atoms with Crippen molar-refractivity contribution in [3.63, 3.8) is 0 Å². The lowest BCUT2D eigenvalue weighted by Crippen LogP contribution is -2.31. The summed E-state index contributed by atoms with van der Waals surface area (Å²) < 4.78 is 19.1. The van der Waals surface area contributed by atoms with Crippen LogP contribution >= 0.6 is 0 Å². The summed E-state index contributed by atoms with van der Waals surface area (Å²) in [5, 5.41) is 3.14. The third kappa shape index (κ3) is 5.38. The van der Waals surface area contributed by atoms with Crippen LogP contribution in [-0.4, -0.2) is 15.9 Å². The zero-order chi connectivity index (χ0) is 24.0. The van der Waals surface area contributed by atoms with Crippen LogP contribution in [-0.2, 0) is 13.0 Å². The number of ether oxygens (including phenoxy) is 1. The highest BCUT2D eigenvalue weighted by Gasteiger charge is 2.22. The van der Waals surface area contributed by atoms with Crippen LogP contribution in [0, 0.1) is 5.82 Å². The lowest BCUT2D eigenvalue weighted by atomic mass is 10.0. The Hall–Kier alpha value is -4.45. The molecule has 1 atom stereocenters. The second-order valence-electron chi connectivity index (χ2n) is 8.27. The van der Waals surface area contributed by atoms with E-state index in [1.54, 1.807) is 30.3 Å².